The van der Waals surface area contributed by atoms with Crippen LogP contribution in [0.1, 0.15) is 24.5 Å². The van der Waals surface area contributed by atoms with Crippen LogP contribution in [0.25, 0.3) is 10.2 Å². The monoisotopic (exact) mass is 343 g/mol. The van der Waals surface area contributed by atoms with E-state index in [-0.39, 0.29) is 12.5 Å². The first-order chi connectivity index (χ1) is 11.7. The molecule has 0 unspecified atom stereocenters. The number of aliphatic carboxylic acids is 1. The molecule has 7 nitrogen and oxygen atoms in total. The number of carboxylic acid groups (broad SMARTS) is 1. The molecular formula is C16H17N5O2S. The van der Waals surface area contributed by atoms with Gasteiger partial charge in [0, 0.05) is 30.9 Å². The number of rotatable bonds is 4. The molecule has 0 amide bonds. The molecule has 1 saturated heterocycles. The van der Waals surface area contributed by atoms with Gasteiger partial charge in [0.15, 0.2) is 0 Å². The van der Waals surface area contributed by atoms with Crippen LogP contribution in [0.2, 0.25) is 0 Å². The van der Waals surface area contributed by atoms with E-state index >= 15 is 0 Å². The van der Waals surface area contributed by atoms with Gasteiger partial charge >= 0.3 is 5.97 Å². The highest BCUT2D eigenvalue weighted by Gasteiger charge is 2.26. The molecule has 3 aromatic heterocycles. The van der Waals surface area contributed by atoms with Crippen LogP contribution in [-0.4, -0.2) is 43.9 Å². The summed E-state index contributed by atoms with van der Waals surface area (Å²) in [6, 6.07) is 3.94. The van der Waals surface area contributed by atoms with E-state index < -0.39 is 5.97 Å². The minimum absolute atomic E-state index is 0.0957. The van der Waals surface area contributed by atoms with Crippen LogP contribution >= 0.6 is 11.3 Å². The van der Waals surface area contributed by atoms with Gasteiger partial charge in [0.05, 0.1) is 10.2 Å². The number of fused-ring (bicyclic) bond motifs is 1. The number of hydrogen-bond acceptors (Lipinski definition) is 6. The van der Waals surface area contributed by atoms with Crippen LogP contribution < -0.4 is 4.90 Å². The molecule has 1 atom stereocenters. The van der Waals surface area contributed by atoms with Crippen molar-refractivity contribution in [1.29, 1.82) is 0 Å². The molecule has 4 heterocycles. The molecule has 24 heavy (non-hydrogen) atoms. The second-order valence-corrected chi connectivity index (χ2v) is 6.84. The van der Waals surface area contributed by atoms with Gasteiger partial charge in [-0.05, 0) is 30.4 Å². The molecule has 4 rings (SSSR count). The highest BCUT2D eigenvalue weighted by molar-refractivity contribution is 7.17. The quantitative estimate of drug-likeness (QED) is 0.783. The van der Waals surface area contributed by atoms with Crippen molar-refractivity contribution in [2.45, 2.75) is 25.3 Å². The second-order valence-electron chi connectivity index (χ2n) is 5.92. The third kappa shape index (κ3) is 2.73. The largest absolute Gasteiger partial charge is 0.480 e. The van der Waals surface area contributed by atoms with Crippen LogP contribution in [0.3, 0.4) is 0 Å². The van der Waals surface area contributed by atoms with Crippen molar-refractivity contribution >= 4 is 33.3 Å². The Balaban J connectivity index is 1.61. The number of aromatic nitrogens is 4. The number of carbonyl (C=O) groups is 1. The van der Waals surface area contributed by atoms with E-state index in [1.54, 1.807) is 28.5 Å². The summed E-state index contributed by atoms with van der Waals surface area (Å²) in [7, 11) is 0. The SMILES string of the molecule is O=C(O)Cn1nccc1[C@@H]1CCCN(c2ncnc3ccsc23)C1. The predicted octanol–water partition coefficient (Wildman–Crippen LogP) is 2.36. The Morgan fingerprint density at radius 3 is 3.17 bits per heavy atom. The summed E-state index contributed by atoms with van der Waals surface area (Å²) in [5.41, 5.74) is 1.96. The number of thiophene rings is 1. The maximum atomic E-state index is 11.0. The predicted molar refractivity (Wildman–Crippen MR) is 91.5 cm³/mol. The highest BCUT2D eigenvalue weighted by Crippen LogP contribution is 2.33. The molecule has 3 aromatic rings. The normalized spacial score (nSPS) is 18.2. The van der Waals surface area contributed by atoms with Crippen molar-refractivity contribution in [2.24, 2.45) is 0 Å². The molecular weight excluding hydrogens is 326 g/mol. The van der Waals surface area contributed by atoms with E-state index in [1.807, 2.05) is 17.5 Å². The van der Waals surface area contributed by atoms with Gasteiger partial charge in [0.25, 0.3) is 0 Å². The second kappa shape index (κ2) is 6.20. The molecule has 0 aliphatic carbocycles. The van der Waals surface area contributed by atoms with Crippen molar-refractivity contribution < 1.29 is 9.90 Å². The molecule has 0 aromatic carbocycles. The zero-order valence-electron chi connectivity index (χ0n) is 13.0. The molecule has 8 heteroatoms. The van der Waals surface area contributed by atoms with Crippen molar-refractivity contribution in [2.75, 3.05) is 18.0 Å². The molecule has 1 N–H and O–H groups in total. The third-order valence-corrected chi connectivity index (χ3v) is 5.30. The fourth-order valence-corrected chi connectivity index (χ4v) is 4.22. The Labute approximate surface area is 142 Å². The summed E-state index contributed by atoms with van der Waals surface area (Å²) >= 11 is 1.66. The lowest BCUT2D eigenvalue weighted by Crippen LogP contribution is -2.36. The lowest BCUT2D eigenvalue weighted by molar-refractivity contribution is -0.137. The Bertz CT molecular complexity index is 874. The fourth-order valence-electron chi connectivity index (χ4n) is 3.36. The van der Waals surface area contributed by atoms with Crippen LogP contribution in [0.15, 0.2) is 30.0 Å². The van der Waals surface area contributed by atoms with Gasteiger partial charge in [-0.2, -0.15) is 5.10 Å². The van der Waals surface area contributed by atoms with Gasteiger partial charge in [-0.1, -0.05) is 0 Å². The topological polar surface area (TPSA) is 84.1 Å². The average molecular weight is 343 g/mol. The Hall–Kier alpha value is -2.48. The van der Waals surface area contributed by atoms with E-state index in [4.69, 9.17) is 5.11 Å². The summed E-state index contributed by atoms with van der Waals surface area (Å²) in [5, 5.41) is 15.2. The highest BCUT2D eigenvalue weighted by atomic mass is 32.1. The molecule has 0 saturated carbocycles. The molecule has 0 bridgehead atoms. The first-order valence-corrected chi connectivity index (χ1v) is 8.77. The summed E-state index contributed by atoms with van der Waals surface area (Å²) in [6.45, 7) is 1.67. The number of anilines is 1. The minimum atomic E-state index is -0.872. The summed E-state index contributed by atoms with van der Waals surface area (Å²) in [5.74, 6) is 0.360. The van der Waals surface area contributed by atoms with Crippen LogP contribution in [0.4, 0.5) is 5.82 Å². The Morgan fingerprint density at radius 2 is 2.29 bits per heavy atom. The number of hydrogen-bond donors (Lipinski definition) is 1. The van der Waals surface area contributed by atoms with Crippen LogP contribution in [0, 0.1) is 0 Å². The summed E-state index contributed by atoms with van der Waals surface area (Å²) < 4.78 is 2.70. The standard InChI is InChI=1S/C16H17N5O2S/c22-14(23)9-21-13(3-5-19-21)11-2-1-6-20(8-11)16-15-12(4-7-24-15)17-10-18-16/h3-5,7,10-11H,1-2,6,8-9H2,(H,22,23)/t11-/m1/s1. The number of nitrogens with zero attached hydrogens (tertiary/aromatic N) is 5. The van der Waals surface area contributed by atoms with E-state index in [1.165, 1.54) is 0 Å². The van der Waals surface area contributed by atoms with Crippen molar-refractivity contribution in [3.8, 4) is 0 Å². The molecule has 1 fully saturated rings. The van der Waals surface area contributed by atoms with E-state index in [0.29, 0.717) is 0 Å². The molecule has 0 spiro atoms. The number of piperidine rings is 1. The molecule has 124 valence electrons. The zero-order chi connectivity index (χ0) is 16.5. The zero-order valence-corrected chi connectivity index (χ0v) is 13.8. The van der Waals surface area contributed by atoms with E-state index in [0.717, 1.165) is 47.7 Å². The fraction of sp³-hybridized carbons (Fsp3) is 0.375. The van der Waals surface area contributed by atoms with Crippen molar-refractivity contribution in [3.05, 3.63) is 35.7 Å². The van der Waals surface area contributed by atoms with Crippen LogP contribution in [0.5, 0.6) is 0 Å². The minimum Gasteiger partial charge on any atom is -0.480 e. The maximum Gasteiger partial charge on any atom is 0.325 e. The van der Waals surface area contributed by atoms with Gasteiger partial charge in [-0.3, -0.25) is 9.48 Å². The van der Waals surface area contributed by atoms with Crippen molar-refractivity contribution in [3.63, 3.8) is 0 Å². The first kappa shape index (κ1) is 15.1. The molecule has 1 aliphatic rings. The molecule has 0 radical (unpaired) electrons. The van der Waals surface area contributed by atoms with Crippen LogP contribution in [-0.2, 0) is 11.3 Å². The summed E-state index contributed by atoms with van der Waals surface area (Å²) in [6.07, 6.45) is 5.36. The Morgan fingerprint density at radius 1 is 1.38 bits per heavy atom. The smallest absolute Gasteiger partial charge is 0.325 e. The maximum absolute atomic E-state index is 11.0. The average Bonchev–Trinajstić information content (AvgIpc) is 3.23. The first-order valence-electron chi connectivity index (χ1n) is 7.89. The number of carboxylic acids is 1. The van der Waals surface area contributed by atoms with Gasteiger partial charge in [-0.25, -0.2) is 9.97 Å². The lowest BCUT2D eigenvalue weighted by Gasteiger charge is -2.33. The lowest BCUT2D eigenvalue weighted by atomic mass is 9.94. The van der Waals surface area contributed by atoms with Gasteiger partial charge in [0.1, 0.15) is 18.7 Å². The van der Waals surface area contributed by atoms with Crippen molar-refractivity contribution in [1.82, 2.24) is 19.7 Å². The van der Waals surface area contributed by atoms with Gasteiger partial charge in [-0.15, -0.1) is 11.3 Å². The van der Waals surface area contributed by atoms with E-state index in [2.05, 4.69) is 20.0 Å². The van der Waals surface area contributed by atoms with Gasteiger partial charge in [0.2, 0.25) is 0 Å². The molecule has 1 aliphatic heterocycles. The Kier molecular flexibility index (Phi) is 3.89. The third-order valence-electron chi connectivity index (χ3n) is 4.40. The summed E-state index contributed by atoms with van der Waals surface area (Å²) in [4.78, 5) is 22.1. The van der Waals surface area contributed by atoms with E-state index in [9.17, 15) is 4.79 Å². The van der Waals surface area contributed by atoms with Gasteiger partial charge < -0.3 is 10.0 Å².